The molecular weight excluding hydrogens is 300 g/mol. The Balaban J connectivity index is 1.73. The number of hydrogen-bond donors (Lipinski definition) is 3. The third-order valence-corrected chi connectivity index (χ3v) is 4.12. The van der Waals surface area contributed by atoms with Gasteiger partial charge in [-0.15, -0.1) is 0 Å². The Labute approximate surface area is 143 Å². The first kappa shape index (κ1) is 18.2. The number of hydrogen-bond acceptors (Lipinski definition) is 3. The summed E-state index contributed by atoms with van der Waals surface area (Å²) in [6.07, 6.45) is 2.38. The molecule has 128 valence electrons. The summed E-state index contributed by atoms with van der Waals surface area (Å²) in [6, 6.07) is 19.6. The molecule has 4 heteroatoms. The fourth-order valence-corrected chi connectivity index (χ4v) is 2.66. The van der Waals surface area contributed by atoms with E-state index in [1.54, 1.807) is 0 Å². The molecule has 0 fully saturated rings. The van der Waals surface area contributed by atoms with Crippen molar-refractivity contribution in [3.05, 3.63) is 71.8 Å². The van der Waals surface area contributed by atoms with Crippen LogP contribution in [0.1, 0.15) is 24.0 Å². The molecule has 0 saturated heterocycles. The Bertz CT molecular complexity index is 602. The average molecular weight is 326 g/mol. The minimum absolute atomic E-state index is 0.370. The molecule has 0 radical (unpaired) electrons. The third kappa shape index (κ3) is 6.52. The van der Waals surface area contributed by atoms with Gasteiger partial charge in [-0.2, -0.15) is 0 Å². The number of amides is 1. The maximum Gasteiger partial charge on any atom is 0.234 e. The average Bonchev–Trinajstić information content (AvgIpc) is 2.61. The number of nitrogens with two attached hydrogens (primary N) is 1. The second kappa shape index (κ2) is 9.85. The van der Waals surface area contributed by atoms with Gasteiger partial charge in [0.15, 0.2) is 0 Å². The molecule has 0 aliphatic heterocycles. The smallest absolute Gasteiger partial charge is 0.234 e. The number of aryl methyl sites for hydroxylation is 2. The number of aliphatic hydroxyl groups excluding tert-OH is 1. The molecule has 4 N–H and O–H groups in total. The summed E-state index contributed by atoms with van der Waals surface area (Å²) in [4.78, 5) is 11.6. The molecule has 0 aliphatic rings. The number of rotatable bonds is 10. The van der Waals surface area contributed by atoms with Gasteiger partial charge in [0.2, 0.25) is 5.91 Å². The van der Waals surface area contributed by atoms with Crippen LogP contribution in [-0.4, -0.2) is 29.7 Å². The van der Waals surface area contributed by atoms with Gasteiger partial charge in [-0.3, -0.25) is 4.79 Å². The van der Waals surface area contributed by atoms with E-state index in [2.05, 4.69) is 5.32 Å². The molecule has 2 aromatic rings. The van der Waals surface area contributed by atoms with E-state index >= 15 is 0 Å². The number of aliphatic hydroxyl groups is 1. The molecule has 1 amide bonds. The molecule has 0 unspecified atom stereocenters. The Kier molecular flexibility index (Phi) is 7.46. The predicted octanol–water partition coefficient (Wildman–Crippen LogP) is 2.06. The van der Waals surface area contributed by atoms with E-state index in [0.717, 1.165) is 12.8 Å². The van der Waals surface area contributed by atoms with E-state index in [9.17, 15) is 9.90 Å². The van der Waals surface area contributed by atoms with Crippen molar-refractivity contribution < 1.29 is 9.90 Å². The molecule has 0 spiro atoms. The first-order valence-corrected chi connectivity index (χ1v) is 8.44. The summed E-state index contributed by atoms with van der Waals surface area (Å²) in [5, 5.41) is 13.2. The highest BCUT2D eigenvalue weighted by molar-refractivity contribution is 5.79. The van der Waals surface area contributed by atoms with Crippen LogP contribution in [0.25, 0.3) is 0 Å². The van der Waals surface area contributed by atoms with Gasteiger partial charge in [0.25, 0.3) is 0 Å². The van der Waals surface area contributed by atoms with Crippen LogP contribution in [0.4, 0.5) is 0 Å². The zero-order chi connectivity index (χ0) is 17.2. The lowest BCUT2D eigenvalue weighted by Gasteiger charge is -2.18. The number of primary amides is 1. The predicted molar refractivity (Wildman–Crippen MR) is 96.5 cm³/mol. The second-order valence-corrected chi connectivity index (χ2v) is 6.07. The van der Waals surface area contributed by atoms with Crippen molar-refractivity contribution in [1.82, 2.24) is 5.32 Å². The quantitative estimate of drug-likeness (QED) is 0.625. The molecule has 0 aromatic heterocycles. The fourth-order valence-electron chi connectivity index (χ4n) is 2.66. The molecule has 4 nitrogen and oxygen atoms in total. The van der Waals surface area contributed by atoms with Gasteiger partial charge in [-0.1, -0.05) is 60.7 Å². The lowest BCUT2D eigenvalue weighted by atomic mass is 10.0. The number of nitrogens with one attached hydrogen (secondary N) is 1. The topological polar surface area (TPSA) is 75.4 Å². The molecule has 0 heterocycles. The molecule has 2 atom stereocenters. The first-order chi connectivity index (χ1) is 11.6. The second-order valence-electron chi connectivity index (χ2n) is 6.07. The maximum absolute atomic E-state index is 11.6. The van der Waals surface area contributed by atoms with Crippen LogP contribution in [0.3, 0.4) is 0 Å². The third-order valence-electron chi connectivity index (χ3n) is 4.12. The molecule has 2 rings (SSSR count). The summed E-state index contributed by atoms with van der Waals surface area (Å²) >= 11 is 0. The van der Waals surface area contributed by atoms with Gasteiger partial charge in [-0.05, 0) is 36.8 Å². The Morgan fingerprint density at radius 2 is 1.42 bits per heavy atom. The van der Waals surface area contributed by atoms with Crippen molar-refractivity contribution in [1.29, 1.82) is 0 Å². The zero-order valence-electron chi connectivity index (χ0n) is 13.9. The normalized spacial score (nSPS) is 13.4. The lowest BCUT2D eigenvalue weighted by molar-refractivity contribution is -0.120. The highest BCUT2D eigenvalue weighted by atomic mass is 16.3. The van der Waals surface area contributed by atoms with Gasteiger partial charge >= 0.3 is 0 Å². The lowest BCUT2D eigenvalue weighted by Crippen LogP contribution is -2.44. The van der Waals surface area contributed by atoms with Crippen LogP contribution in [-0.2, 0) is 17.6 Å². The van der Waals surface area contributed by atoms with Gasteiger partial charge in [0, 0.05) is 6.54 Å². The summed E-state index contributed by atoms with van der Waals surface area (Å²) in [5.74, 6) is -0.374. The summed E-state index contributed by atoms with van der Waals surface area (Å²) in [5.41, 5.74) is 7.85. The van der Waals surface area contributed by atoms with Crippen molar-refractivity contribution in [2.45, 2.75) is 37.8 Å². The summed E-state index contributed by atoms with van der Waals surface area (Å²) in [6.45, 7) is 0.370. The highest BCUT2D eigenvalue weighted by Crippen LogP contribution is 2.07. The number of carbonyl (C=O) groups excluding carboxylic acids is 1. The van der Waals surface area contributed by atoms with E-state index in [0.29, 0.717) is 19.4 Å². The molecule has 2 aromatic carbocycles. The highest BCUT2D eigenvalue weighted by Gasteiger charge is 2.16. The summed E-state index contributed by atoms with van der Waals surface area (Å²) in [7, 11) is 0. The largest absolute Gasteiger partial charge is 0.392 e. The van der Waals surface area contributed by atoms with Crippen molar-refractivity contribution in [2.75, 3.05) is 6.54 Å². The zero-order valence-corrected chi connectivity index (χ0v) is 13.9. The van der Waals surface area contributed by atoms with Crippen LogP contribution < -0.4 is 11.1 Å². The van der Waals surface area contributed by atoms with Gasteiger partial charge in [0.05, 0.1) is 12.1 Å². The number of carbonyl (C=O) groups is 1. The number of benzene rings is 2. The van der Waals surface area contributed by atoms with Gasteiger partial charge in [0.1, 0.15) is 0 Å². The van der Waals surface area contributed by atoms with E-state index < -0.39 is 12.1 Å². The molecular formula is C20H26N2O2. The first-order valence-electron chi connectivity index (χ1n) is 8.44. The van der Waals surface area contributed by atoms with E-state index in [-0.39, 0.29) is 5.91 Å². The van der Waals surface area contributed by atoms with E-state index in [4.69, 9.17) is 5.73 Å². The van der Waals surface area contributed by atoms with Crippen molar-refractivity contribution in [2.24, 2.45) is 5.73 Å². The van der Waals surface area contributed by atoms with Gasteiger partial charge in [-0.25, -0.2) is 0 Å². The minimum Gasteiger partial charge on any atom is -0.392 e. The van der Waals surface area contributed by atoms with Crippen molar-refractivity contribution in [3.63, 3.8) is 0 Å². The van der Waals surface area contributed by atoms with E-state index in [1.165, 1.54) is 11.1 Å². The molecule has 0 bridgehead atoms. The SMILES string of the molecule is NC(=O)[C@H](CCc1ccccc1)NC[C@@H](O)CCc1ccccc1. The Hall–Kier alpha value is -2.17. The minimum atomic E-state index is -0.496. The molecule has 0 aliphatic carbocycles. The van der Waals surface area contributed by atoms with Crippen LogP contribution in [0.15, 0.2) is 60.7 Å². The van der Waals surface area contributed by atoms with Crippen molar-refractivity contribution in [3.8, 4) is 0 Å². The summed E-state index contributed by atoms with van der Waals surface area (Å²) < 4.78 is 0. The van der Waals surface area contributed by atoms with Crippen LogP contribution in [0.2, 0.25) is 0 Å². The maximum atomic E-state index is 11.6. The van der Waals surface area contributed by atoms with E-state index in [1.807, 2.05) is 60.7 Å². The molecule has 0 saturated carbocycles. The monoisotopic (exact) mass is 326 g/mol. The fraction of sp³-hybridized carbons (Fsp3) is 0.350. The Morgan fingerprint density at radius 1 is 0.917 bits per heavy atom. The standard InChI is InChI=1S/C20H26N2O2/c21-20(24)19(14-12-17-9-5-2-6-10-17)22-15-18(23)13-11-16-7-3-1-4-8-16/h1-10,18-19,22-23H,11-15H2,(H2,21,24)/t18-,19-/m0/s1. The van der Waals surface area contributed by atoms with Crippen molar-refractivity contribution >= 4 is 5.91 Å². The van der Waals surface area contributed by atoms with Crippen LogP contribution in [0, 0.1) is 0 Å². The van der Waals surface area contributed by atoms with Crippen LogP contribution >= 0.6 is 0 Å². The Morgan fingerprint density at radius 3 is 1.92 bits per heavy atom. The van der Waals surface area contributed by atoms with Gasteiger partial charge < -0.3 is 16.2 Å². The van der Waals surface area contributed by atoms with Crippen LogP contribution in [0.5, 0.6) is 0 Å². The molecule has 24 heavy (non-hydrogen) atoms.